The summed E-state index contributed by atoms with van der Waals surface area (Å²) in [4.78, 5) is 11.9. The summed E-state index contributed by atoms with van der Waals surface area (Å²) in [6.07, 6.45) is 21.5. The highest BCUT2D eigenvalue weighted by Crippen LogP contribution is 2.48. The Morgan fingerprint density at radius 2 is 1.18 bits per heavy atom. The maximum atomic E-state index is 11.9. The first kappa shape index (κ1) is 43.9. The Labute approximate surface area is 334 Å². The molecule has 9 nitrogen and oxygen atoms in total. The van der Waals surface area contributed by atoms with Crippen LogP contribution in [0.4, 0.5) is 0 Å². The Bertz CT molecular complexity index is 1260. The Balaban J connectivity index is 1.21. The van der Waals surface area contributed by atoms with Gasteiger partial charge < -0.3 is 42.7 Å². The van der Waals surface area contributed by atoms with Gasteiger partial charge in [-0.05, 0) is 75.4 Å². The van der Waals surface area contributed by atoms with Crippen LogP contribution in [-0.4, -0.2) is 85.9 Å². The molecule has 0 aromatic heterocycles. The van der Waals surface area contributed by atoms with Gasteiger partial charge in [-0.1, -0.05) is 60.6 Å². The summed E-state index contributed by atoms with van der Waals surface area (Å²) in [6, 6.07) is 0. The summed E-state index contributed by atoms with van der Waals surface area (Å²) in [5.74, 6) is -1.59. The summed E-state index contributed by atoms with van der Waals surface area (Å²) < 4.78 is 48.5. The quantitative estimate of drug-likeness (QED) is 0.105. The molecule has 3 saturated carbocycles. The zero-order valence-electron chi connectivity index (χ0n) is 36.0. The van der Waals surface area contributed by atoms with E-state index >= 15 is 0 Å². The molecule has 0 aromatic carbocycles. The van der Waals surface area contributed by atoms with Gasteiger partial charge in [-0.15, -0.1) is 0 Å². The van der Waals surface area contributed by atoms with Crippen LogP contribution >= 0.6 is 0 Å². The van der Waals surface area contributed by atoms with Crippen molar-refractivity contribution in [3.05, 3.63) is 12.2 Å². The minimum absolute atomic E-state index is 0.00195. The predicted octanol–water partition coefficient (Wildman–Crippen LogP) is 9.92. The molecule has 3 aliphatic heterocycles. The van der Waals surface area contributed by atoms with E-state index in [1.165, 1.54) is 0 Å². The molecule has 1 N–H and O–H groups in total. The zero-order valence-corrected chi connectivity index (χ0v) is 37.0. The van der Waals surface area contributed by atoms with Gasteiger partial charge in [0.25, 0.3) is 0 Å². The molecule has 0 bridgehead atoms. The molecule has 3 heterocycles. The maximum absolute atomic E-state index is 11.9. The second kappa shape index (κ2) is 17.9. The highest BCUT2D eigenvalue weighted by atomic mass is 28.4. The average molecular weight is 791 g/mol. The lowest BCUT2D eigenvalue weighted by Crippen LogP contribution is -2.53. The van der Waals surface area contributed by atoms with Gasteiger partial charge in [-0.3, -0.25) is 0 Å². The van der Waals surface area contributed by atoms with E-state index in [2.05, 4.69) is 66.8 Å². The van der Waals surface area contributed by atoms with Crippen molar-refractivity contribution in [2.45, 2.75) is 248 Å². The molecule has 3 spiro atoms. The van der Waals surface area contributed by atoms with Crippen molar-refractivity contribution in [2.24, 2.45) is 17.8 Å². The highest BCUT2D eigenvalue weighted by Gasteiger charge is 2.51. The highest BCUT2D eigenvalue weighted by molar-refractivity contribution is 6.74. The third-order valence-electron chi connectivity index (χ3n) is 14.4. The maximum Gasteiger partial charge on any atom is 0.192 e. The number of carbonyl (C=O) groups is 1. The zero-order chi connectivity index (χ0) is 39.6. The van der Waals surface area contributed by atoms with E-state index in [1.807, 2.05) is 6.92 Å². The molecule has 3 aliphatic carbocycles. The van der Waals surface area contributed by atoms with Crippen LogP contribution in [0.5, 0.6) is 0 Å². The fraction of sp³-hybridized carbons (Fsp3) is 0.933. The summed E-state index contributed by atoms with van der Waals surface area (Å²) in [7, 11) is -2.16. The van der Waals surface area contributed by atoms with Crippen LogP contribution in [0.25, 0.3) is 0 Å². The third kappa shape index (κ3) is 10.9. The van der Waals surface area contributed by atoms with Gasteiger partial charge in [0, 0.05) is 82.1 Å². The van der Waals surface area contributed by atoms with E-state index in [0.717, 1.165) is 115 Å². The van der Waals surface area contributed by atoms with Gasteiger partial charge in [0.2, 0.25) is 0 Å². The number of aliphatic hydroxyl groups excluding tert-OH is 1. The molecule has 0 unspecified atom stereocenters. The normalized spacial score (nSPS) is 34.5. The number of hydrogen-bond acceptors (Lipinski definition) is 9. The smallest absolute Gasteiger partial charge is 0.192 e. The van der Waals surface area contributed by atoms with Gasteiger partial charge in [0.15, 0.2) is 25.7 Å². The number of ether oxygens (including phenoxy) is 6. The molecule has 0 aromatic rings. The average Bonchev–Trinajstić information content (AvgIpc) is 3.87. The minimum Gasteiger partial charge on any atom is -0.414 e. The molecule has 10 heteroatoms. The second-order valence-corrected chi connectivity index (χ2v) is 25.3. The van der Waals surface area contributed by atoms with Crippen molar-refractivity contribution in [1.29, 1.82) is 0 Å². The Morgan fingerprint density at radius 3 is 1.69 bits per heavy atom. The van der Waals surface area contributed by atoms with Crippen molar-refractivity contribution >= 4 is 14.6 Å². The molecule has 6 aliphatic rings. The summed E-state index contributed by atoms with van der Waals surface area (Å²) in [5.41, 5.74) is 0. The molecular formula is C45H78O9Si. The fourth-order valence-electron chi connectivity index (χ4n) is 10.2. The molecule has 6 fully saturated rings. The first-order chi connectivity index (χ1) is 25.9. The van der Waals surface area contributed by atoms with Crippen LogP contribution in [0, 0.1) is 17.8 Å². The van der Waals surface area contributed by atoms with E-state index in [0.29, 0.717) is 6.42 Å². The Kier molecular flexibility index (Phi) is 14.3. The number of carbonyl (C=O) groups excluding carboxylic acids is 1. The topological polar surface area (TPSA) is 102 Å². The number of rotatable bonds is 14. The van der Waals surface area contributed by atoms with E-state index < -0.39 is 25.7 Å². The molecule has 0 amide bonds. The summed E-state index contributed by atoms with van der Waals surface area (Å²) >= 11 is 0. The molecule has 10 atom stereocenters. The number of aldehydes is 1. The van der Waals surface area contributed by atoms with Gasteiger partial charge >= 0.3 is 0 Å². The molecule has 55 heavy (non-hydrogen) atoms. The van der Waals surface area contributed by atoms with E-state index in [9.17, 15) is 9.90 Å². The van der Waals surface area contributed by atoms with Crippen LogP contribution < -0.4 is 0 Å². The van der Waals surface area contributed by atoms with Gasteiger partial charge in [0.1, 0.15) is 6.29 Å². The van der Waals surface area contributed by atoms with Gasteiger partial charge in [0.05, 0.1) is 42.7 Å². The lowest BCUT2D eigenvalue weighted by molar-refractivity contribution is -0.342. The lowest BCUT2D eigenvalue weighted by Gasteiger charge is -2.48. The number of aliphatic hydroxyl groups is 1. The van der Waals surface area contributed by atoms with E-state index in [1.54, 1.807) is 0 Å². The van der Waals surface area contributed by atoms with Gasteiger partial charge in [-0.25, -0.2) is 0 Å². The van der Waals surface area contributed by atoms with E-state index in [4.69, 9.17) is 32.8 Å². The molecular weight excluding hydrogens is 713 g/mol. The Morgan fingerprint density at radius 1 is 0.709 bits per heavy atom. The third-order valence-corrected chi connectivity index (χ3v) is 18.9. The van der Waals surface area contributed by atoms with Crippen molar-refractivity contribution in [1.82, 2.24) is 0 Å². The van der Waals surface area contributed by atoms with Crippen LogP contribution in [0.3, 0.4) is 0 Å². The van der Waals surface area contributed by atoms with Crippen molar-refractivity contribution in [3.63, 3.8) is 0 Å². The molecule has 6 rings (SSSR count). The molecule has 0 radical (unpaired) electrons. The van der Waals surface area contributed by atoms with Crippen molar-refractivity contribution in [3.8, 4) is 0 Å². The van der Waals surface area contributed by atoms with Gasteiger partial charge in [-0.2, -0.15) is 0 Å². The Hall–Kier alpha value is -0.693. The van der Waals surface area contributed by atoms with Crippen molar-refractivity contribution in [2.75, 3.05) is 0 Å². The second-order valence-electron chi connectivity index (χ2n) is 20.5. The van der Waals surface area contributed by atoms with E-state index in [-0.39, 0.29) is 71.6 Å². The number of hydrogen-bond donors (Lipinski definition) is 1. The predicted molar refractivity (Wildman–Crippen MR) is 217 cm³/mol. The summed E-state index contributed by atoms with van der Waals surface area (Å²) in [6.45, 7) is 19.9. The monoisotopic (exact) mass is 791 g/mol. The first-order valence-corrected chi connectivity index (χ1v) is 25.4. The minimum atomic E-state index is -2.16. The standard InChI is InChI=1S/C45H78O9Si/c1-31(2)41(47)32(3)16-17-34-24-35(49-43(48-34)18-10-11-19-43)27-39(54-55(8,9)42(5,6)7)28-37-25-36(50-44(51-37)20-12-13-21-44)26-38-29-40(33(4)30-46)53-45(52-38)22-14-15-23-45/h16-17,30-41,47H,10-15,18-29H2,1-9H3/b17-16+/t32-,33-,34-,35-,36-,37+,38+,39+,40+,41-/m0/s1. The lowest BCUT2D eigenvalue weighted by atomic mass is 9.91. The summed E-state index contributed by atoms with van der Waals surface area (Å²) in [5, 5.41) is 10.8. The molecule has 3 saturated heterocycles. The SMILES string of the molecule is CC(C)[C@H](O)[C@@H](C)/C=C/[C@H]1C[C@@H](C[C@H](C[C@H]2C[C@@H](C[C@@H]3C[C@H]([C@@H](C)C=O)OC4(CCCC4)O3)OC3(CCCC3)O2)O[Si](C)(C)C(C)(C)C)OC2(CCCC2)O1. The van der Waals surface area contributed by atoms with Crippen LogP contribution in [-0.2, 0) is 37.6 Å². The molecule has 316 valence electrons. The van der Waals surface area contributed by atoms with Crippen LogP contribution in [0.15, 0.2) is 12.2 Å². The first-order valence-electron chi connectivity index (χ1n) is 22.5. The fourth-order valence-corrected chi connectivity index (χ4v) is 11.6. The van der Waals surface area contributed by atoms with Crippen LogP contribution in [0.1, 0.15) is 164 Å². The largest absolute Gasteiger partial charge is 0.414 e. The van der Waals surface area contributed by atoms with Crippen LogP contribution in [0.2, 0.25) is 18.1 Å². The van der Waals surface area contributed by atoms with Crippen molar-refractivity contribution < 1.29 is 42.7 Å².